The van der Waals surface area contributed by atoms with Gasteiger partial charge in [-0.2, -0.15) is 5.10 Å². The van der Waals surface area contributed by atoms with Crippen molar-refractivity contribution in [3.8, 4) is 0 Å². The van der Waals surface area contributed by atoms with Crippen molar-refractivity contribution < 1.29 is 9.90 Å². The summed E-state index contributed by atoms with van der Waals surface area (Å²) in [4.78, 5) is 12.0. The van der Waals surface area contributed by atoms with E-state index in [1.807, 2.05) is 0 Å². The first-order chi connectivity index (χ1) is 8.03. The zero-order valence-electron chi connectivity index (χ0n) is 10.1. The monoisotopic (exact) mass is 238 g/mol. The van der Waals surface area contributed by atoms with Gasteiger partial charge in [0.05, 0.1) is 12.1 Å². The Hall–Kier alpha value is -1.40. The van der Waals surface area contributed by atoms with Crippen molar-refractivity contribution in [1.82, 2.24) is 20.8 Å². The molecule has 0 aromatic carbocycles. The number of nitrogens with one attached hydrogen (secondary N) is 3. The Bertz CT molecular complexity index is 425. The van der Waals surface area contributed by atoms with Gasteiger partial charge >= 0.3 is 0 Å². The van der Waals surface area contributed by atoms with E-state index in [0.717, 1.165) is 24.2 Å². The second-order valence-electron chi connectivity index (χ2n) is 4.95. The molecule has 6 nitrogen and oxygen atoms in total. The molecule has 0 saturated heterocycles. The first kappa shape index (κ1) is 12.1. The van der Waals surface area contributed by atoms with Gasteiger partial charge in [-0.25, -0.2) is 0 Å². The highest BCUT2D eigenvalue weighted by Gasteiger charge is 2.25. The molecular formula is C11H18N4O2. The fraction of sp³-hybridized carbons (Fsp3) is 0.636. The molecule has 0 radical (unpaired) electrons. The van der Waals surface area contributed by atoms with E-state index in [4.69, 9.17) is 5.11 Å². The van der Waals surface area contributed by atoms with Gasteiger partial charge in [-0.15, -0.1) is 0 Å². The summed E-state index contributed by atoms with van der Waals surface area (Å²) in [5.74, 6) is -0.245. The number of carbonyl (C=O) groups is 1. The summed E-state index contributed by atoms with van der Waals surface area (Å²) in [6.45, 7) is 4.99. The topological polar surface area (TPSA) is 90.0 Å². The van der Waals surface area contributed by atoms with Gasteiger partial charge in [0, 0.05) is 30.8 Å². The number of hydrogen-bond donors (Lipinski definition) is 4. The molecule has 0 bridgehead atoms. The normalized spacial score (nSPS) is 15.5. The molecule has 1 aromatic heterocycles. The lowest BCUT2D eigenvalue weighted by Crippen LogP contribution is -2.46. The third-order valence-electron chi connectivity index (χ3n) is 2.87. The molecular weight excluding hydrogens is 220 g/mol. The van der Waals surface area contributed by atoms with Crippen molar-refractivity contribution in [3.05, 3.63) is 17.0 Å². The Morgan fingerprint density at radius 1 is 1.59 bits per heavy atom. The molecule has 0 spiro atoms. The first-order valence-corrected chi connectivity index (χ1v) is 5.74. The summed E-state index contributed by atoms with van der Waals surface area (Å²) in [6, 6.07) is 0. The smallest absolute Gasteiger partial charge is 0.272 e. The van der Waals surface area contributed by atoms with E-state index in [0.29, 0.717) is 12.2 Å². The van der Waals surface area contributed by atoms with E-state index >= 15 is 0 Å². The highest BCUT2D eigenvalue weighted by molar-refractivity contribution is 5.94. The number of H-pyrrole nitrogens is 1. The molecule has 0 aliphatic carbocycles. The molecule has 94 valence electrons. The van der Waals surface area contributed by atoms with Gasteiger partial charge in [-0.3, -0.25) is 9.89 Å². The minimum absolute atomic E-state index is 0.108. The summed E-state index contributed by atoms with van der Waals surface area (Å²) in [5, 5.41) is 22.0. The molecule has 0 fully saturated rings. The Kier molecular flexibility index (Phi) is 3.17. The maximum absolute atomic E-state index is 12.0. The maximum atomic E-state index is 12.0. The predicted molar refractivity (Wildman–Crippen MR) is 62.6 cm³/mol. The zero-order valence-corrected chi connectivity index (χ0v) is 10.1. The minimum atomic E-state index is -0.634. The predicted octanol–water partition coefficient (Wildman–Crippen LogP) is -0.444. The van der Waals surface area contributed by atoms with Crippen molar-refractivity contribution in [1.29, 1.82) is 0 Å². The molecule has 2 heterocycles. The fourth-order valence-corrected chi connectivity index (χ4v) is 1.82. The number of carbonyl (C=O) groups excluding carboxylic acids is 1. The number of nitrogens with zero attached hydrogens (tertiary/aromatic N) is 1. The van der Waals surface area contributed by atoms with Crippen LogP contribution in [0.25, 0.3) is 0 Å². The largest absolute Gasteiger partial charge is 0.394 e. The summed E-state index contributed by atoms with van der Waals surface area (Å²) in [5.41, 5.74) is 1.75. The van der Waals surface area contributed by atoms with Crippen LogP contribution in [-0.4, -0.2) is 39.9 Å². The van der Waals surface area contributed by atoms with Crippen LogP contribution in [0.1, 0.15) is 35.6 Å². The van der Waals surface area contributed by atoms with Crippen molar-refractivity contribution in [2.45, 2.75) is 32.4 Å². The summed E-state index contributed by atoms with van der Waals surface area (Å²) in [7, 11) is 0. The Morgan fingerprint density at radius 2 is 2.35 bits per heavy atom. The number of hydrogen-bond acceptors (Lipinski definition) is 4. The number of fused-ring (bicyclic) bond motifs is 1. The number of aliphatic hydroxyl groups is 1. The molecule has 17 heavy (non-hydrogen) atoms. The molecule has 1 aromatic rings. The average molecular weight is 238 g/mol. The second-order valence-corrected chi connectivity index (χ2v) is 4.95. The lowest BCUT2D eigenvalue weighted by Gasteiger charge is -2.23. The second kappa shape index (κ2) is 4.46. The van der Waals surface area contributed by atoms with Crippen LogP contribution >= 0.6 is 0 Å². The van der Waals surface area contributed by atoms with Crippen LogP contribution in [0.2, 0.25) is 0 Å². The van der Waals surface area contributed by atoms with Gasteiger partial charge in [0.2, 0.25) is 0 Å². The molecule has 2 rings (SSSR count). The summed E-state index contributed by atoms with van der Waals surface area (Å²) in [6.07, 6.45) is 0.860. The molecule has 0 saturated carbocycles. The zero-order chi connectivity index (χ0) is 12.5. The molecule has 0 unspecified atom stereocenters. The molecule has 1 amide bonds. The van der Waals surface area contributed by atoms with Crippen LogP contribution < -0.4 is 10.6 Å². The molecule has 4 N–H and O–H groups in total. The van der Waals surface area contributed by atoms with Crippen molar-refractivity contribution in [2.24, 2.45) is 0 Å². The van der Waals surface area contributed by atoms with Crippen LogP contribution in [0.15, 0.2) is 0 Å². The van der Waals surface area contributed by atoms with Crippen molar-refractivity contribution >= 4 is 5.91 Å². The number of aromatic amines is 1. The minimum Gasteiger partial charge on any atom is -0.394 e. The number of amides is 1. The standard InChI is InChI=1S/C11H18N4O2/c1-11(2,6-16)13-10(17)9-7-5-12-4-3-8(7)14-15-9/h12,16H,3-6H2,1-2H3,(H,13,17)(H,14,15). The molecule has 0 atom stereocenters. The molecule has 1 aliphatic rings. The van der Waals surface area contributed by atoms with E-state index in [9.17, 15) is 4.79 Å². The number of rotatable bonds is 3. The number of aliphatic hydroxyl groups excluding tert-OH is 1. The van der Waals surface area contributed by atoms with Crippen molar-refractivity contribution in [2.75, 3.05) is 13.2 Å². The summed E-state index contributed by atoms with van der Waals surface area (Å²) < 4.78 is 0. The van der Waals surface area contributed by atoms with Crippen LogP contribution in [0.4, 0.5) is 0 Å². The van der Waals surface area contributed by atoms with Crippen LogP contribution in [0, 0.1) is 0 Å². The quantitative estimate of drug-likeness (QED) is 0.574. The Labute approximate surface area is 99.8 Å². The van der Waals surface area contributed by atoms with Crippen LogP contribution in [0.5, 0.6) is 0 Å². The highest BCUT2D eigenvalue weighted by atomic mass is 16.3. The van der Waals surface area contributed by atoms with E-state index in [-0.39, 0.29) is 12.5 Å². The van der Waals surface area contributed by atoms with Gasteiger partial charge in [-0.05, 0) is 13.8 Å². The van der Waals surface area contributed by atoms with E-state index in [1.165, 1.54) is 0 Å². The van der Waals surface area contributed by atoms with E-state index in [1.54, 1.807) is 13.8 Å². The Morgan fingerprint density at radius 3 is 3.06 bits per heavy atom. The third kappa shape index (κ3) is 2.48. The van der Waals surface area contributed by atoms with Gasteiger partial charge in [-0.1, -0.05) is 0 Å². The highest BCUT2D eigenvalue weighted by Crippen LogP contribution is 2.16. The summed E-state index contributed by atoms with van der Waals surface area (Å²) >= 11 is 0. The van der Waals surface area contributed by atoms with Crippen LogP contribution in [0.3, 0.4) is 0 Å². The Balaban J connectivity index is 2.17. The molecule has 6 heteroatoms. The fourth-order valence-electron chi connectivity index (χ4n) is 1.82. The van der Waals surface area contributed by atoms with Crippen molar-refractivity contribution in [3.63, 3.8) is 0 Å². The van der Waals surface area contributed by atoms with E-state index in [2.05, 4.69) is 20.8 Å². The lowest BCUT2D eigenvalue weighted by atomic mass is 10.0. The van der Waals surface area contributed by atoms with Crippen LogP contribution in [-0.2, 0) is 13.0 Å². The van der Waals surface area contributed by atoms with Gasteiger partial charge in [0.15, 0.2) is 5.69 Å². The average Bonchev–Trinajstić information content (AvgIpc) is 2.72. The first-order valence-electron chi connectivity index (χ1n) is 5.74. The maximum Gasteiger partial charge on any atom is 0.272 e. The van der Waals surface area contributed by atoms with Gasteiger partial charge in [0.25, 0.3) is 5.91 Å². The SMILES string of the molecule is CC(C)(CO)NC(=O)c1n[nH]c2c1CNCC2. The molecule has 1 aliphatic heterocycles. The lowest BCUT2D eigenvalue weighted by molar-refractivity contribution is 0.0863. The van der Waals surface area contributed by atoms with E-state index < -0.39 is 5.54 Å². The van der Waals surface area contributed by atoms with Gasteiger partial charge < -0.3 is 15.7 Å². The third-order valence-corrected chi connectivity index (χ3v) is 2.87. The number of aromatic nitrogens is 2. The van der Waals surface area contributed by atoms with Gasteiger partial charge in [0.1, 0.15) is 0 Å².